The van der Waals surface area contributed by atoms with E-state index >= 15 is 0 Å². The zero-order chi connectivity index (χ0) is 18.5. The van der Waals surface area contributed by atoms with E-state index in [2.05, 4.69) is 4.72 Å². The second kappa shape index (κ2) is 8.67. The Morgan fingerprint density at radius 2 is 1.96 bits per heavy atom. The Labute approximate surface area is 152 Å². The molecule has 0 saturated carbocycles. The van der Waals surface area contributed by atoms with Gasteiger partial charge in [-0.3, -0.25) is 4.79 Å². The van der Waals surface area contributed by atoms with Crippen LogP contribution in [0.25, 0.3) is 0 Å². The van der Waals surface area contributed by atoms with E-state index in [0.29, 0.717) is 0 Å². The molecular weight excluding hydrogens is 373 g/mol. The fraction of sp³-hybridized carbons (Fsp3) is 0.467. The van der Waals surface area contributed by atoms with Crippen molar-refractivity contribution in [3.63, 3.8) is 0 Å². The zero-order valence-electron chi connectivity index (χ0n) is 13.6. The van der Waals surface area contributed by atoms with Crippen LogP contribution in [-0.2, 0) is 10.0 Å². The van der Waals surface area contributed by atoms with Gasteiger partial charge in [0.15, 0.2) is 0 Å². The van der Waals surface area contributed by atoms with Crippen molar-refractivity contribution in [1.82, 2.24) is 9.62 Å². The number of hydrogen-bond acceptors (Lipinski definition) is 4. The molecule has 0 aliphatic rings. The van der Waals surface area contributed by atoms with Crippen molar-refractivity contribution >= 4 is 39.1 Å². The van der Waals surface area contributed by atoms with Crippen LogP contribution in [0.1, 0.15) is 30.6 Å². The number of nitriles is 1. The van der Waals surface area contributed by atoms with Gasteiger partial charge in [0.25, 0.3) is 5.91 Å². The second-order valence-electron chi connectivity index (χ2n) is 5.64. The SMILES string of the molecule is CC(C)CNS(=O)(=O)c1cc(C(=O)N(C)CCC#N)c(Cl)cc1Cl. The van der Waals surface area contributed by atoms with Gasteiger partial charge in [-0.25, -0.2) is 13.1 Å². The summed E-state index contributed by atoms with van der Waals surface area (Å²) in [6.45, 7) is 4.19. The van der Waals surface area contributed by atoms with Crippen molar-refractivity contribution in [2.45, 2.75) is 25.2 Å². The largest absolute Gasteiger partial charge is 0.341 e. The molecule has 0 heterocycles. The average molecular weight is 392 g/mol. The molecule has 0 aromatic heterocycles. The topological polar surface area (TPSA) is 90.3 Å². The van der Waals surface area contributed by atoms with Gasteiger partial charge in [0.2, 0.25) is 10.0 Å². The Morgan fingerprint density at radius 1 is 1.33 bits per heavy atom. The second-order valence-corrected chi connectivity index (χ2v) is 8.19. The minimum absolute atomic E-state index is 0.0198. The summed E-state index contributed by atoms with van der Waals surface area (Å²) in [5.74, 6) is -0.365. The van der Waals surface area contributed by atoms with E-state index < -0.39 is 15.9 Å². The van der Waals surface area contributed by atoms with Gasteiger partial charge in [-0.1, -0.05) is 37.0 Å². The highest BCUT2D eigenvalue weighted by atomic mass is 35.5. The standard InChI is InChI=1S/C15H19Cl2N3O3S/c1-10(2)9-19-24(22,23)14-7-11(12(16)8-13(14)17)15(21)20(3)6-4-5-18/h7-8,10,19H,4,6,9H2,1-3H3. The van der Waals surface area contributed by atoms with Gasteiger partial charge in [-0.05, 0) is 18.1 Å². The Kier molecular flexibility index (Phi) is 7.49. The van der Waals surface area contributed by atoms with Crippen molar-refractivity contribution < 1.29 is 13.2 Å². The molecule has 0 radical (unpaired) electrons. The maximum atomic E-state index is 12.4. The predicted octanol–water partition coefficient (Wildman–Crippen LogP) is 2.91. The van der Waals surface area contributed by atoms with Crippen molar-refractivity contribution in [3.05, 3.63) is 27.7 Å². The van der Waals surface area contributed by atoms with Crippen LogP contribution in [-0.4, -0.2) is 39.4 Å². The van der Waals surface area contributed by atoms with E-state index in [-0.39, 0.29) is 45.9 Å². The van der Waals surface area contributed by atoms with E-state index in [1.54, 1.807) is 0 Å². The van der Waals surface area contributed by atoms with Crippen LogP contribution in [0.3, 0.4) is 0 Å². The Balaban J connectivity index is 3.23. The summed E-state index contributed by atoms with van der Waals surface area (Å²) in [7, 11) is -2.36. The quantitative estimate of drug-likeness (QED) is 0.773. The number of nitrogens with one attached hydrogen (secondary N) is 1. The van der Waals surface area contributed by atoms with Crippen LogP contribution in [0.5, 0.6) is 0 Å². The lowest BCUT2D eigenvalue weighted by atomic mass is 10.2. The molecule has 24 heavy (non-hydrogen) atoms. The molecule has 0 spiro atoms. The van der Waals surface area contributed by atoms with Crippen molar-refractivity contribution in [3.8, 4) is 6.07 Å². The summed E-state index contributed by atoms with van der Waals surface area (Å²) in [5.41, 5.74) is 0.0198. The third-order valence-corrected chi connectivity index (χ3v) is 5.33. The molecule has 1 N–H and O–H groups in total. The Bertz CT molecular complexity index is 758. The fourth-order valence-electron chi connectivity index (χ4n) is 1.78. The number of sulfonamides is 1. The van der Waals surface area contributed by atoms with Gasteiger partial charge in [0.05, 0.1) is 28.1 Å². The van der Waals surface area contributed by atoms with Gasteiger partial charge >= 0.3 is 0 Å². The summed E-state index contributed by atoms with van der Waals surface area (Å²) >= 11 is 12.0. The smallest absolute Gasteiger partial charge is 0.255 e. The van der Waals surface area contributed by atoms with E-state index in [0.717, 1.165) is 0 Å². The van der Waals surface area contributed by atoms with Crippen LogP contribution in [0.2, 0.25) is 10.0 Å². The number of halogens is 2. The summed E-state index contributed by atoms with van der Waals surface area (Å²) in [4.78, 5) is 13.5. The van der Waals surface area contributed by atoms with Crippen LogP contribution < -0.4 is 4.72 Å². The molecular formula is C15H19Cl2N3O3S. The molecule has 132 valence electrons. The minimum Gasteiger partial charge on any atom is -0.341 e. The maximum Gasteiger partial charge on any atom is 0.255 e. The van der Waals surface area contributed by atoms with Crippen molar-refractivity contribution in [2.75, 3.05) is 20.1 Å². The maximum absolute atomic E-state index is 12.4. The molecule has 0 unspecified atom stereocenters. The summed E-state index contributed by atoms with van der Waals surface area (Å²) < 4.78 is 27.2. The number of carbonyl (C=O) groups is 1. The molecule has 1 aromatic carbocycles. The molecule has 1 rings (SSSR count). The summed E-state index contributed by atoms with van der Waals surface area (Å²) in [6, 6.07) is 4.34. The van der Waals surface area contributed by atoms with Crippen molar-refractivity contribution in [2.24, 2.45) is 5.92 Å². The Hall–Kier alpha value is -1.33. The van der Waals surface area contributed by atoms with Crippen LogP contribution in [0, 0.1) is 17.2 Å². The third kappa shape index (κ3) is 5.35. The molecule has 0 atom stereocenters. The van der Waals surface area contributed by atoms with Crippen LogP contribution >= 0.6 is 23.2 Å². The number of carbonyl (C=O) groups excluding carboxylic acids is 1. The van der Waals surface area contributed by atoms with Gasteiger partial charge in [0, 0.05) is 20.1 Å². The number of amides is 1. The first-order valence-electron chi connectivity index (χ1n) is 7.21. The molecule has 1 amide bonds. The molecule has 6 nitrogen and oxygen atoms in total. The molecule has 0 bridgehead atoms. The monoisotopic (exact) mass is 391 g/mol. The highest BCUT2D eigenvalue weighted by Gasteiger charge is 2.24. The number of hydrogen-bond donors (Lipinski definition) is 1. The first-order valence-corrected chi connectivity index (χ1v) is 9.45. The first kappa shape index (κ1) is 20.7. The molecule has 0 fully saturated rings. The molecule has 0 aliphatic heterocycles. The average Bonchev–Trinajstić information content (AvgIpc) is 2.49. The van der Waals surface area contributed by atoms with Crippen LogP contribution in [0.4, 0.5) is 0 Å². The minimum atomic E-state index is -3.87. The predicted molar refractivity (Wildman–Crippen MR) is 93.7 cm³/mol. The molecule has 1 aromatic rings. The lowest BCUT2D eigenvalue weighted by Crippen LogP contribution is -2.30. The third-order valence-electron chi connectivity index (χ3n) is 3.13. The number of rotatable bonds is 7. The highest BCUT2D eigenvalue weighted by Crippen LogP contribution is 2.29. The normalized spacial score (nSPS) is 11.4. The van der Waals surface area contributed by atoms with E-state index in [1.165, 1.54) is 24.1 Å². The number of benzene rings is 1. The molecule has 0 saturated heterocycles. The highest BCUT2D eigenvalue weighted by molar-refractivity contribution is 7.89. The van der Waals surface area contributed by atoms with E-state index in [4.69, 9.17) is 28.5 Å². The Morgan fingerprint density at radius 3 is 2.50 bits per heavy atom. The molecule has 0 aliphatic carbocycles. The van der Waals surface area contributed by atoms with Crippen molar-refractivity contribution in [1.29, 1.82) is 5.26 Å². The number of nitrogens with zero attached hydrogens (tertiary/aromatic N) is 2. The van der Waals surface area contributed by atoms with Gasteiger partial charge in [-0.15, -0.1) is 0 Å². The zero-order valence-corrected chi connectivity index (χ0v) is 16.0. The van der Waals surface area contributed by atoms with E-state index in [1.807, 2.05) is 19.9 Å². The van der Waals surface area contributed by atoms with Gasteiger partial charge in [-0.2, -0.15) is 5.26 Å². The summed E-state index contributed by atoms with van der Waals surface area (Å²) in [6.07, 6.45) is 0.161. The van der Waals surface area contributed by atoms with Crippen LogP contribution in [0.15, 0.2) is 17.0 Å². The van der Waals surface area contributed by atoms with Gasteiger partial charge in [0.1, 0.15) is 4.90 Å². The molecule has 9 heteroatoms. The first-order chi connectivity index (χ1) is 11.1. The lowest BCUT2D eigenvalue weighted by Gasteiger charge is -2.18. The van der Waals surface area contributed by atoms with E-state index in [9.17, 15) is 13.2 Å². The lowest BCUT2D eigenvalue weighted by molar-refractivity contribution is 0.0798. The fourth-order valence-corrected chi connectivity index (χ4v) is 3.84. The summed E-state index contributed by atoms with van der Waals surface area (Å²) in [5, 5.41) is 8.58. The van der Waals surface area contributed by atoms with Gasteiger partial charge < -0.3 is 4.90 Å².